The molecule has 3 N–H and O–H groups in total. The monoisotopic (exact) mass is 225 g/mol. The molecule has 0 heterocycles. The largest absolute Gasteiger partial charge is 0.370 e. The normalized spacial score (nSPS) is 17.7. The summed E-state index contributed by atoms with van der Waals surface area (Å²) in [6, 6.07) is 0.548. The summed E-state index contributed by atoms with van der Waals surface area (Å²) >= 11 is 1.71. The molecule has 0 unspecified atom stereocenters. The number of rotatable bonds is 5. The van der Waals surface area contributed by atoms with Gasteiger partial charge in [-0.1, -0.05) is 18.8 Å². The van der Waals surface area contributed by atoms with E-state index in [2.05, 4.69) is 16.2 Å². The summed E-state index contributed by atoms with van der Waals surface area (Å²) in [4.78, 5) is 4.25. The van der Waals surface area contributed by atoms with Crippen molar-refractivity contribution in [2.24, 2.45) is 10.7 Å². The Bertz CT molecular complexity index is 239. The second-order valence-corrected chi connectivity index (χ2v) is 4.75. The third-order valence-electron chi connectivity index (χ3n) is 2.41. The zero-order valence-corrected chi connectivity index (χ0v) is 9.85. The Labute approximate surface area is 96.3 Å². The number of nitrogens with two attached hydrogens (primary N) is 1. The van der Waals surface area contributed by atoms with Gasteiger partial charge >= 0.3 is 0 Å². The number of guanidine groups is 1. The molecule has 1 saturated carbocycles. The Morgan fingerprint density at radius 2 is 2.27 bits per heavy atom. The van der Waals surface area contributed by atoms with Crippen LogP contribution in [0.15, 0.2) is 4.99 Å². The number of aliphatic imine (C=N–C) groups is 1. The summed E-state index contributed by atoms with van der Waals surface area (Å²) in [5.74, 6) is 4.87. The number of nitrogens with one attached hydrogen (secondary N) is 1. The van der Waals surface area contributed by atoms with Gasteiger partial charge < -0.3 is 11.1 Å². The summed E-state index contributed by atoms with van der Waals surface area (Å²) in [5, 5.41) is 3.25. The van der Waals surface area contributed by atoms with E-state index in [9.17, 15) is 0 Å². The molecule has 0 radical (unpaired) electrons. The van der Waals surface area contributed by atoms with Gasteiger partial charge in [-0.15, -0.1) is 18.2 Å². The molecule has 0 bridgehead atoms. The maximum Gasteiger partial charge on any atom is 0.188 e. The van der Waals surface area contributed by atoms with E-state index in [4.69, 9.17) is 12.2 Å². The minimum atomic E-state index is 0.548. The number of nitrogens with zero attached hydrogens (tertiary/aromatic N) is 1. The molecule has 0 atom stereocenters. The Balaban J connectivity index is 2.07. The van der Waals surface area contributed by atoms with Gasteiger partial charge in [-0.3, -0.25) is 4.99 Å². The van der Waals surface area contributed by atoms with Gasteiger partial charge in [0.05, 0.1) is 12.3 Å². The predicted octanol–water partition coefficient (Wildman–Crippen LogP) is 1.20. The van der Waals surface area contributed by atoms with Gasteiger partial charge in [-0.2, -0.15) is 0 Å². The lowest BCUT2D eigenvalue weighted by molar-refractivity contribution is 0.626. The van der Waals surface area contributed by atoms with Crippen LogP contribution in [0.3, 0.4) is 0 Å². The predicted molar refractivity (Wildman–Crippen MR) is 68.0 cm³/mol. The molecule has 1 aliphatic rings. The van der Waals surface area contributed by atoms with Crippen molar-refractivity contribution in [2.45, 2.75) is 31.7 Å². The van der Waals surface area contributed by atoms with Crippen LogP contribution in [0.4, 0.5) is 0 Å². The van der Waals surface area contributed by atoms with Gasteiger partial charge in [0.15, 0.2) is 5.96 Å². The molecular weight excluding hydrogens is 206 g/mol. The minimum Gasteiger partial charge on any atom is -0.370 e. The van der Waals surface area contributed by atoms with Crippen molar-refractivity contribution in [1.29, 1.82) is 0 Å². The number of hydrogen-bond acceptors (Lipinski definition) is 2. The highest BCUT2D eigenvalue weighted by molar-refractivity contribution is 7.99. The van der Waals surface area contributed by atoms with E-state index >= 15 is 0 Å². The van der Waals surface area contributed by atoms with E-state index in [0.29, 0.717) is 12.0 Å². The number of terminal acetylenes is 1. The average molecular weight is 225 g/mol. The van der Waals surface area contributed by atoms with Crippen molar-refractivity contribution >= 4 is 17.7 Å². The topological polar surface area (TPSA) is 50.4 Å². The lowest BCUT2D eigenvalue weighted by Gasteiger charge is -2.11. The van der Waals surface area contributed by atoms with Crippen LogP contribution in [0.5, 0.6) is 0 Å². The van der Waals surface area contributed by atoms with Crippen LogP contribution in [0.1, 0.15) is 25.7 Å². The van der Waals surface area contributed by atoms with Crippen molar-refractivity contribution < 1.29 is 0 Å². The molecule has 1 aliphatic carbocycles. The fraction of sp³-hybridized carbons (Fsp3) is 0.727. The van der Waals surface area contributed by atoms with Crippen LogP contribution >= 0.6 is 11.8 Å². The molecule has 15 heavy (non-hydrogen) atoms. The first kappa shape index (κ1) is 12.3. The van der Waals surface area contributed by atoms with Crippen molar-refractivity contribution in [2.75, 3.05) is 18.1 Å². The summed E-state index contributed by atoms with van der Waals surface area (Å²) in [7, 11) is 0. The maximum absolute atomic E-state index is 5.76. The number of thioether (sulfide) groups is 1. The first-order chi connectivity index (χ1) is 7.33. The van der Waals surface area contributed by atoms with Crippen LogP contribution < -0.4 is 11.1 Å². The molecule has 0 spiro atoms. The molecule has 0 saturated heterocycles. The third-order valence-corrected chi connectivity index (χ3v) is 3.25. The molecule has 0 aromatic carbocycles. The molecular formula is C11H19N3S. The fourth-order valence-electron chi connectivity index (χ4n) is 1.69. The standard InChI is InChI=1S/C11H19N3S/c1-2-8-15-9-7-13-11(12)14-10-5-3-4-6-10/h1,10H,3-9H2,(H3,12,13,14). The Morgan fingerprint density at radius 1 is 1.53 bits per heavy atom. The van der Waals surface area contributed by atoms with Crippen LogP contribution in [0.25, 0.3) is 0 Å². The Morgan fingerprint density at radius 3 is 2.93 bits per heavy atom. The van der Waals surface area contributed by atoms with Gasteiger partial charge in [-0.05, 0) is 12.8 Å². The van der Waals surface area contributed by atoms with Crippen LogP contribution in [0.2, 0.25) is 0 Å². The SMILES string of the molecule is C#CCSCCN=C(N)NC1CCCC1. The lowest BCUT2D eigenvalue weighted by atomic mass is 10.3. The molecule has 0 aromatic heterocycles. The smallest absolute Gasteiger partial charge is 0.188 e. The third kappa shape index (κ3) is 5.58. The lowest BCUT2D eigenvalue weighted by Crippen LogP contribution is -2.38. The first-order valence-corrected chi connectivity index (χ1v) is 6.56. The second-order valence-electron chi connectivity index (χ2n) is 3.65. The van der Waals surface area contributed by atoms with Crippen LogP contribution in [-0.4, -0.2) is 30.1 Å². The van der Waals surface area contributed by atoms with E-state index in [-0.39, 0.29) is 0 Å². The molecule has 0 aromatic rings. The summed E-state index contributed by atoms with van der Waals surface area (Å²) in [5.41, 5.74) is 5.76. The molecule has 1 rings (SSSR count). The fourth-order valence-corrected chi connectivity index (χ4v) is 2.17. The van der Waals surface area contributed by atoms with Gasteiger partial charge in [0.2, 0.25) is 0 Å². The molecule has 4 heteroatoms. The van der Waals surface area contributed by atoms with E-state index < -0.39 is 0 Å². The number of hydrogen-bond donors (Lipinski definition) is 2. The summed E-state index contributed by atoms with van der Waals surface area (Å²) in [6.07, 6.45) is 10.2. The quantitative estimate of drug-likeness (QED) is 0.320. The zero-order valence-electron chi connectivity index (χ0n) is 9.04. The van der Waals surface area contributed by atoms with Crippen molar-refractivity contribution in [1.82, 2.24) is 5.32 Å². The van der Waals surface area contributed by atoms with Crippen molar-refractivity contribution in [3.05, 3.63) is 0 Å². The highest BCUT2D eigenvalue weighted by Gasteiger charge is 2.14. The first-order valence-electron chi connectivity index (χ1n) is 5.40. The van der Waals surface area contributed by atoms with Crippen molar-refractivity contribution in [3.8, 4) is 12.3 Å². The van der Waals surface area contributed by atoms with Gasteiger partial charge in [0.25, 0.3) is 0 Å². The van der Waals surface area contributed by atoms with Crippen LogP contribution in [0, 0.1) is 12.3 Å². The second kappa shape index (κ2) is 7.47. The molecule has 0 aliphatic heterocycles. The summed E-state index contributed by atoms with van der Waals surface area (Å²) < 4.78 is 0. The Kier molecular flexibility index (Phi) is 6.10. The van der Waals surface area contributed by atoms with Gasteiger partial charge in [0.1, 0.15) is 0 Å². The van der Waals surface area contributed by atoms with Crippen LogP contribution in [-0.2, 0) is 0 Å². The van der Waals surface area contributed by atoms with Gasteiger partial charge in [0, 0.05) is 11.8 Å². The summed E-state index contributed by atoms with van der Waals surface area (Å²) in [6.45, 7) is 0.748. The van der Waals surface area contributed by atoms with E-state index in [1.807, 2.05) is 0 Å². The zero-order chi connectivity index (χ0) is 10.9. The average Bonchev–Trinajstić information content (AvgIpc) is 2.70. The Hall–Kier alpha value is -0.820. The molecule has 1 fully saturated rings. The highest BCUT2D eigenvalue weighted by atomic mass is 32.2. The molecule has 3 nitrogen and oxygen atoms in total. The minimum absolute atomic E-state index is 0.548. The molecule has 84 valence electrons. The van der Waals surface area contributed by atoms with Gasteiger partial charge in [-0.25, -0.2) is 0 Å². The van der Waals surface area contributed by atoms with Crippen molar-refractivity contribution in [3.63, 3.8) is 0 Å². The van der Waals surface area contributed by atoms with E-state index in [1.165, 1.54) is 25.7 Å². The van der Waals surface area contributed by atoms with E-state index in [1.54, 1.807) is 11.8 Å². The highest BCUT2D eigenvalue weighted by Crippen LogP contribution is 2.17. The maximum atomic E-state index is 5.76. The van der Waals surface area contributed by atoms with E-state index in [0.717, 1.165) is 18.1 Å². The molecule has 0 amide bonds.